The fourth-order valence-electron chi connectivity index (χ4n) is 3.24. The minimum atomic E-state index is -0.471. The summed E-state index contributed by atoms with van der Waals surface area (Å²) in [5, 5.41) is 7.73. The molecule has 0 bridgehead atoms. The van der Waals surface area contributed by atoms with Crippen molar-refractivity contribution in [2.75, 3.05) is 13.7 Å². The average Bonchev–Trinajstić information content (AvgIpc) is 3.23. The van der Waals surface area contributed by atoms with Crippen molar-refractivity contribution in [2.45, 2.75) is 6.61 Å². The van der Waals surface area contributed by atoms with Crippen molar-refractivity contribution in [1.82, 2.24) is 10.7 Å². The highest BCUT2D eigenvalue weighted by Gasteiger charge is 2.17. The summed E-state index contributed by atoms with van der Waals surface area (Å²) in [6.45, 7) is 0.146. The van der Waals surface area contributed by atoms with E-state index in [2.05, 4.69) is 15.8 Å². The van der Waals surface area contributed by atoms with Gasteiger partial charge in [-0.05, 0) is 35.4 Å². The van der Waals surface area contributed by atoms with Gasteiger partial charge in [-0.25, -0.2) is 5.43 Å². The van der Waals surface area contributed by atoms with Crippen molar-refractivity contribution in [3.8, 4) is 11.5 Å². The number of rotatable bonds is 9. The summed E-state index contributed by atoms with van der Waals surface area (Å²) < 4.78 is 12.2. The van der Waals surface area contributed by atoms with Gasteiger partial charge in [-0.1, -0.05) is 60.1 Å². The highest BCUT2D eigenvalue weighted by Crippen LogP contribution is 2.35. The number of halogens is 1. The Kier molecular flexibility index (Phi) is 7.97. The minimum Gasteiger partial charge on any atom is -0.493 e. The number of hydrogen-bond donors (Lipinski definition) is 2. The first-order valence-electron chi connectivity index (χ1n) is 10.7. The predicted octanol–water partition coefficient (Wildman–Crippen LogP) is 5.02. The first-order valence-corrected chi connectivity index (χ1v) is 11.9. The lowest BCUT2D eigenvalue weighted by molar-refractivity contribution is -0.120. The molecule has 4 rings (SSSR count). The van der Waals surface area contributed by atoms with Crippen LogP contribution in [0.3, 0.4) is 0 Å². The zero-order valence-electron chi connectivity index (χ0n) is 18.8. The first-order chi connectivity index (χ1) is 17.0. The number of carbonyl (C=O) groups excluding carboxylic acids is 2. The zero-order chi connectivity index (χ0) is 24.6. The largest absolute Gasteiger partial charge is 0.493 e. The molecule has 1 heterocycles. The zero-order valence-corrected chi connectivity index (χ0v) is 20.4. The van der Waals surface area contributed by atoms with Crippen molar-refractivity contribution < 1.29 is 19.1 Å². The minimum absolute atomic E-state index is 0.241. The second-order valence-electron chi connectivity index (χ2n) is 7.40. The van der Waals surface area contributed by atoms with Crippen molar-refractivity contribution in [1.29, 1.82) is 0 Å². The molecule has 2 N–H and O–H groups in total. The van der Waals surface area contributed by atoms with Crippen molar-refractivity contribution >= 4 is 51.1 Å². The van der Waals surface area contributed by atoms with Gasteiger partial charge in [0.1, 0.15) is 11.5 Å². The summed E-state index contributed by atoms with van der Waals surface area (Å²) in [5.41, 5.74) is 4.13. The fourth-order valence-corrected chi connectivity index (χ4v) is 4.67. The predicted molar refractivity (Wildman–Crippen MR) is 139 cm³/mol. The maximum absolute atomic E-state index is 12.5. The first kappa shape index (κ1) is 24.3. The summed E-state index contributed by atoms with van der Waals surface area (Å²) in [6, 6.07) is 22.6. The van der Waals surface area contributed by atoms with Crippen LogP contribution in [0.15, 0.2) is 77.9 Å². The van der Waals surface area contributed by atoms with Gasteiger partial charge in [0.25, 0.3) is 11.8 Å². The Labute approximate surface area is 211 Å². The number of amides is 2. The number of methoxy groups -OCH3 is 1. The van der Waals surface area contributed by atoms with Gasteiger partial charge in [-0.3, -0.25) is 9.59 Å². The van der Waals surface area contributed by atoms with E-state index in [0.717, 1.165) is 15.6 Å². The summed E-state index contributed by atoms with van der Waals surface area (Å²) in [6.07, 6.45) is 1.48. The molecule has 0 spiro atoms. The normalized spacial score (nSPS) is 10.9. The summed E-state index contributed by atoms with van der Waals surface area (Å²) >= 11 is 7.59. The molecule has 0 radical (unpaired) electrons. The van der Waals surface area contributed by atoms with Crippen LogP contribution >= 0.6 is 22.9 Å². The molecule has 35 heavy (non-hydrogen) atoms. The molecule has 0 saturated heterocycles. The monoisotopic (exact) mass is 507 g/mol. The standard InChI is InChI=1S/C26H22ClN3O4S/c1-33-20-12-11-18(13-21(20)34-16-17-7-3-2-4-8-17)14-29-30-23(31)15-28-26(32)25-24(27)19-9-5-6-10-22(19)35-25/h2-14H,15-16H2,1H3,(H,28,32)(H,30,31)/b29-14-. The molecular weight excluding hydrogens is 486 g/mol. The lowest BCUT2D eigenvalue weighted by Crippen LogP contribution is -2.34. The topological polar surface area (TPSA) is 89.0 Å². The SMILES string of the molecule is COc1ccc(/C=N\NC(=O)CNC(=O)c2sc3ccccc3c2Cl)cc1OCc1ccccc1. The Balaban J connectivity index is 1.31. The van der Waals surface area contributed by atoms with E-state index >= 15 is 0 Å². The number of thiophene rings is 1. The van der Waals surface area contributed by atoms with Crippen LogP contribution in [0.1, 0.15) is 20.8 Å². The van der Waals surface area contributed by atoms with Gasteiger partial charge in [0.15, 0.2) is 11.5 Å². The Hall–Kier alpha value is -3.88. The van der Waals surface area contributed by atoms with E-state index in [4.69, 9.17) is 21.1 Å². The van der Waals surface area contributed by atoms with Crippen LogP contribution in [0, 0.1) is 0 Å². The third kappa shape index (κ3) is 6.17. The van der Waals surface area contributed by atoms with Crippen LogP contribution in [-0.2, 0) is 11.4 Å². The molecule has 1 aromatic heterocycles. The molecule has 9 heteroatoms. The smallest absolute Gasteiger partial charge is 0.263 e. The molecule has 4 aromatic rings. The van der Waals surface area contributed by atoms with Crippen LogP contribution in [0.25, 0.3) is 10.1 Å². The summed E-state index contributed by atoms with van der Waals surface area (Å²) in [4.78, 5) is 25.0. The van der Waals surface area contributed by atoms with Crippen molar-refractivity contribution in [3.05, 3.63) is 93.8 Å². The van der Waals surface area contributed by atoms with Gasteiger partial charge < -0.3 is 14.8 Å². The highest BCUT2D eigenvalue weighted by atomic mass is 35.5. The molecule has 2 amide bonds. The Morgan fingerprint density at radius 1 is 1.03 bits per heavy atom. The quantitative estimate of drug-likeness (QED) is 0.246. The van der Waals surface area contributed by atoms with Crippen LogP contribution in [0.2, 0.25) is 5.02 Å². The van der Waals surface area contributed by atoms with E-state index in [1.54, 1.807) is 25.3 Å². The Morgan fingerprint density at radius 3 is 2.57 bits per heavy atom. The van der Waals surface area contributed by atoms with Crippen LogP contribution in [-0.4, -0.2) is 31.7 Å². The van der Waals surface area contributed by atoms with E-state index in [-0.39, 0.29) is 6.54 Å². The Morgan fingerprint density at radius 2 is 1.80 bits per heavy atom. The maximum atomic E-state index is 12.5. The number of benzene rings is 3. The number of hydrogen-bond acceptors (Lipinski definition) is 6. The maximum Gasteiger partial charge on any atom is 0.263 e. The van der Waals surface area contributed by atoms with Crippen molar-refractivity contribution in [3.63, 3.8) is 0 Å². The van der Waals surface area contributed by atoms with Gasteiger partial charge in [0.2, 0.25) is 0 Å². The molecule has 7 nitrogen and oxygen atoms in total. The number of hydrazone groups is 1. The van der Waals surface area contributed by atoms with Gasteiger partial charge in [0, 0.05) is 10.1 Å². The molecule has 178 valence electrons. The molecule has 3 aromatic carbocycles. The van der Waals surface area contributed by atoms with E-state index < -0.39 is 11.8 Å². The van der Waals surface area contributed by atoms with Crippen LogP contribution < -0.4 is 20.2 Å². The highest BCUT2D eigenvalue weighted by molar-refractivity contribution is 7.21. The lowest BCUT2D eigenvalue weighted by atomic mass is 10.2. The van der Waals surface area contributed by atoms with Crippen LogP contribution in [0.4, 0.5) is 0 Å². The fraction of sp³-hybridized carbons (Fsp3) is 0.115. The van der Waals surface area contributed by atoms with E-state index in [1.807, 2.05) is 54.6 Å². The number of ether oxygens (including phenoxy) is 2. The third-order valence-corrected chi connectivity index (χ3v) is 6.65. The molecule has 0 aliphatic carbocycles. The lowest BCUT2D eigenvalue weighted by Gasteiger charge is -2.11. The number of carbonyl (C=O) groups is 2. The molecular formula is C26H22ClN3O4S. The molecule has 0 aliphatic rings. The Bertz CT molecular complexity index is 1370. The second-order valence-corrected chi connectivity index (χ2v) is 8.83. The van der Waals surface area contributed by atoms with Gasteiger partial charge in [-0.2, -0.15) is 5.10 Å². The van der Waals surface area contributed by atoms with Gasteiger partial charge in [-0.15, -0.1) is 11.3 Å². The third-order valence-electron chi connectivity index (χ3n) is 4.98. The van der Waals surface area contributed by atoms with Gasteiger partial charge >= 0.3 is 0 Å². The van der Waals surface area contributed by atoms with Crippen LogP contribution in [0.5, 0.6) is 11.5 Å². The average molecular weight is 508 g/mol. The molecule has 0 fully saturated rings. The molecule has 0 atom stereocenters. The van der Waals surface area contributed by atoms with E-state index in [1.165, 1.54) is 17.6 Å². The van der Waals surface area contributed by atoms with Gasteiger partial charge in [0.05, 0.1) is 24.9 Å². The molecule has 0 saturated carbocycles. The van der Waals surface area contributed by atoms with Crippen molar-refractivity contribution in [2.24, 2.45) is 5.10 Å². The van der Waals surface area contributed by atoms with E-state index in [9.17, 15) is 9.59 Å². The van der Waals surface area contributed by atoms with E-state index in [0.29, 0.717) is 33.6 Å². The molecule has 0 unspecified atom stereocenters. The number of nitrogens with one attached hydrogen (secondary N) is 2. The molecule has 0 aliphatic heterocycles. The summed E-state index contributed by atoms with van der Waals surface area (Å²) in [7, 11) is 1.57. The number of fused-ring (bicyclic) bond motifs is 1. The second kappa shape index (κ2) is 11.5. The number of nitrogens with zero attached hydrogens (tertiary/aromatic N) is 1. The summed E-state index contributed by atoms with van der Waals surface area (Å²) in [5.74, 6) is 0.260.